The molecule has 0 radical (unpaired) electrons. The van der Waals surface area contributed by atoms with Crippen molar-refractivity contribution in [1.29, 1.82) is 0 Å². The average molecular weight is 199 g/mol. The van der Waals surface area contributed by atoms with Crippen LogP contribution in [0.25, 0.3) is 0 Å². The van der Waals surface area contributed by atoms with Crippen LogP contribution >= 0.6 is 27.5 Å². The Kier molecular flexibility index (Phi) is 4.57. The Morgan fingerprint density at radius 2 is 2.38 bits per heavy atom. The zero-order valence-electron chi connectivity index (χ0n) is 4.66. The van der Waals surface area contributed by atoms with Gasteiger partial charge in [0, 0.05) is 0 Å². The topological polar surface area (TPSA) is 17.1 Å². The van der Waals surface area contributed by atoms with Crippen molar-refractivity contribution in [3.63, 3.8) is 0 Å². The molecule has 0 heterocycles. The van der Waals surface area contributed by atoms with Crippen LogP contribution in [-0.4, -0.2) is 10.1 Å². The van der Waals surface area contributed by atoms with Gasteiger partial charge in [-0.15, -0.1) is 0 Å². The Morgan fingerprint density at radius 3 is 2.50 bits per heavy atom. The highest BCUT2D eigenvalue weighted by molar-refractivity contribution is 9.10. The number of rotatable bonds is 3. The molecule has 0 aromatic rings. The third-order valence-corrected chi connectivity index (χ3v) is 2.19. The fraction of sp³-hybridized carbons (Fsp3) is 0.800. The van der Waals surface area contributed by atoms with E-state index in [1.165, 1.54) is 0 Å². The van der Waals surface area contributed by atoms with Gasteiger partial charge in [-0.25, -0.2) is 0 Å². The maximum Gasteiger partial charge on any atom is 0.235 e. The molecule has 0 saturated heterocycles. The molecule has 48 valence electrons. The van der Waals surface area contributed by atoms with Gasteiger partial charge >= 0.3 is 0 Å². The summed E-state index contributed by atoms with van der Waals surface area (Å²) in [6.07, 6.45) is 1.80. The first-order valence-electron chi connectivity index (χ1n) is 2.52. The highest BCUT2D eigenvalue weighted by atomic mass is 79.9. The maximum absolute atomic E-state index is 10.3. The summed E-state index contributed by atoms with van der Waals surface area (Å²) in [4.78, 5) is 10.1. The first-order valence-corrected chi connectivity index (χ1v) is 3.81. The lowest BCUT2D eigenvalue weighted by molar-refractivity contribution is -0.111. The minimum atomic E-state index is -0.299. The second kappa shape index (κ2) is 4.33. The van der Waals surface area contributed by atoms with Crippen molar-refractivity contribution in [2.24, 2.45) is 0 Å². The quantitative estimate of drug-likeness (QED) is 0.504. The van der Waals surface area contributed by atoms with E-state index in [0.717, 1.165) is 12.8 Å². The van der Waals surface area contributed by atoms with Crippen LogP contribution in [0.5, 0.6) is 0 Å². The standard InChI is InChI=1S/C5H8BrClO/c1-2-3-4(6)5(7)8/h4H,2-3H2,1H3/t4-/m1/s1. The van der Waals surface area contributed by atoms with Gasteiger partial charge < -0.3 is 0 Å². The Morgan fingerprint density at radius 1 is 1.88 bits per heavy atom. The summed E-state index contributed by atoms with van der Waals surface area (Å²) >= 11 is 8.24. The van der Waals surface area contributed by atoms with Crippen LogP contribution in [0.1, 0.15) is 19.8 Å². The van der Waals surface area contributed by atoms with Crippen molar-refractivity contribution in [1.82, 2.24) is 0 Å². The van der Waals surface area contributed by atoms with Gasteiger partial charge in [-0.3, -0.25) is 4.79 Å². The van der Waals surface area contributed by atoms with E-state index in [9.17, 15) is 4.79 Å². The molecule has 0 saturated carbocycles. The monoisotopic (exact) mass is 198 g/mol. The molecular weight excluding hydrogens is 191 g/mol. The third kappa shape index (κ3) is 3.44. The smallest absolute Gasteiger partial charge is 0.235 e. The predicted octanol–water partition coefficient (Wildman–Crippen LogP) is 2.32. The third-order valence-electron chi connectivity index (χ3n) is 0.788. The molecule has 8 heavy (non-hydrogen) atoms. The Balaban J connectivity index is 3.32. The highest BCUT2D eigenvalue weighted by Gasteiger charge is 2.08. The second-order valence-corrected chi connectivity index (χ2v) is 3.04. The van der Waals surface area contributed by atoms with E-state index in [2.05, 4.69) is 15.9 Å². The van der Waals surface area contributed by atoms with Gasteiger partial charge in [0.2, 0.25) is 5.24 Å². The second-order valence-electron chi connectivity index (χ2n) is 1.56. The molecule has 0 fully saturated rings. The maximum atomic E-state index is 10.3. The molecule has 0 unspecified atom stereocenters. The lowest BCUT2D eigenvalue weighted by atomic mass is 10.3. The van der Waals surface area contributed by atoms with E-state index in [1.807, 2.05) is 6.92 Å². The SMILES string of the molecule is CCC[C@@H](Br)C(=O)Cl. The first-order chi connectivity index (χ1) is 3.68. The molecule has 3 heteroatoms. The van der Waals surface area contributed by atoms with Gasteiger partial charge in [-0.05, 0) is 18.0 Å². The van der Waals surface area contributed by atoms with Crippen molar-refractivity contribution >= 4 is 32.8 Å². The molecule has 0 bridgehead atoms. The van der Waals surface area contributed by atoms with Gasteiger partial charge in [0.25, 0.3) is 0 Å². The Bertz CT molecular complexity index is 84.5. The van der Waals surface area contributed by atoms with Crippen LogP contribution in [0.3, 0.4) is 0 Å². The van der Waals surface area contributed by atoms with E-state index in [4.69, 9.17) is 11.6 Å². The molecular formula is C5H8BrClO. The van der Waals surface area contributed by atoms with E-state index in [-0.39, 0.29) is 10.1 Å². The molecule has 1 atom stereocenters. The van der Waals surface area contributed by atoms with E-state index in [1.54, 1.807) is 0 Å². The van der Waals surface area contributed by atoms with Crippen molar-refractivity contribution in [3.8, 4) is 0 Å². The number of carbonyl (C=O) groups is 1. The minimum absolute atomic E-state index is 0.144. The van der Waals surface area contributed by atoms with Gasteiger partial charge in [-0.1, -0.05) is 29.3 Å². The van der Waals surface area contributed by atoms with Crippen molar-refractivity contribution in [2.45, 2.75) is 24.6 Å². The van der Waals surface area contributed by atoms with Crippen LogP contribution in [0.4, 0.5) is 0 Å². The summed E-state index contributed by atoms with van der Waals surface area (Å²) in [6, 6.07) is 0. The average Bonchev–Trinajstić information content (AvgIpc) is 1.67. The normalized spacial score (nSPS) is 13.4. The number of hydrogen-bond donors (Lipinski definition) is 0. The molecule has 0 aromatic carbocycles. The van der Waals surface area contributed by atoms with E-state index >= 15 is 0 Å². The van der Waals surface area contributed by atoms with Crippen molar-refractivity contribution < 1.29 is 4.79 Å². The fourth-order valence-corrected chi connectivity index (χ4v) is 0.934. The summed E-state index contributed by atoms with van der Waals surface area (Å²) in [6.45, 7) is 2.01. The van der Waals surface area contributed by atoms with Crippen molar-refractivity contribution in [3.05, 3.63) is 0 Å². The molecule has 1 nitrogen and oxygen atoms in total. The van der Waals surface area contributed by atoms with Crippen LogP contribution in [0, 0.1) is 0 Å². The van der Waals surface area contributed by atoms with Crippen LogP contribution in [0.15, 0.2) is 0 Å². The molecule has 0 aliphatic rings. The zero-order chi connectivity index (χ0) is 6.57. The summed E-state index contributed by atoms with van der Waals surface area (Å²) in [5.41, 5.74) is 0. The zero-order valence-corrected chi connectivity index (χ0v) is 7.00. The number of carbonyl (C=O) groups excluding carboxylic acids is 1. The fourth-order valence-electron chi connectivity index (χ4n) is 0.367. The summed E-state index contributed by atoms with van der Waals surface area (Å²) in [7, 11) is 0. The van der Waals surface area contributed by atoms with Gasteiger partial charge in [0.1, 0.15) is 0 Å². The number of hydrogen-bond acceptors (Lipinski definition) is 1. The molecule has 0 amide bonds. The van der Waals surface area contributed by atoms with Crippen LogP contribution < -0.4 is 0 Å². The molecule has 0 aliphatic heterocycles. The molecule has 0 N–H and O–H groups in total. The Labute approximate surface area is 62.5 Å². The molecule has 0 rings (SSSR count). The first kappa shape index (κ1) is 8.44. The van der Waals surface area contributed by atoms with E-state index < -0.39 is 0 Å². The van der Waals surface area contributed by atoms with Gasteiger partial charge in [0.15, 0.2) is 0 Å². The Hall–Kier alpha value is 0.440. The van der Waals surface area contributed by atoms with Crippen LogP contribution in [0.2, 0.25) is 0 Å². The van der Waals surface area contributed by atoms with Gasteiger partial charge in [-0.2, -0.15) is 0 Å². The minimum Gasteiger partial charge on any atom is -0.280 e. The molecule has 0 spiro atoms. The molecule has 0 aliphatic carbocycles. The van der Waals surface area contributed by atoms with Gasteiger partial charge in [0.05, 0.1) is 4.83 Å². The molecule has 0 aromatic heterocycles. The lowest BCUT2D eigenvalue weighted by Gasteiger charge is -1.97. The summed E-state index contributed by atoms with van der Waals surface area (Å²) < 4.78 is 0. The summed E-state index contributed by atoms with van der Waals surface area (Å²) in [5, 5.41) is -0.299. The van der Waals surface area contributed by atoms with Crippen LogP contribution in [-0.2, 0) is 4.79 Å². The highest BCUT2D eigenvalue weighted by Crippen LogP contribution is 2.10. The predicted molar refractivity (Wildman–Crippen MR) is 38.5 cm³/mol. The lowest BCUT2D eigenvalue weighted by Crippen LogP contribution is -2.05. The van der Waals surface area contributed by atoms with Crippen molar-refractivity contribution in [2.75, 3.05) is 0 Å². The number of halogens is 2. The largest absolute Gasteiger partial charge is 0.280 e. The summed E-state index contributed by atoms with van der Waals surface area (Å²) in [5.74, 6) is 0. The van der Waals surface area contributed by atoms with E-state index in [0.29, 0.717) is 0 Å². The number of alkyl halides is 1.